The number of piperidine rings is 1. The van der Waals surface area contributed by atoms with Crippen molar-refractivity contribution in [1.29, 1.82) is 0 Å². The second kappa shape index (κ2) is 6.43. The number of carbonyl (C=O) groups excluding carboxylic acids is 1. The van der Waals surface area contributed by atoms with Crippen LogP contribution in [0.4, 0.5) is 0 Å². The van der Waals surface area contributed by atoms with Crippen LogP contribution in [0.3, 0.4) is 0 Å². The van der Waals surface area contributed by atoms with E-state index in [0.29, 0.717) is 12.1 Å². The van der Waals surface area contributed by atoms with E-state index in [0.717, 1.165) is 28.4 Å². The molecular weight excluding hydrogens is 369 g/mol. The van der Waals surface area contributed by atoms with Crippen molar-refractivity contribution in [2.75, 3.05) is 6.54 Å². The van der Waals surface area contributed by atoms with Crippen LogP contribution in [0.1, 0.15) is 35.2 Å². The number of amidine groups is 1. The van der Waals surface area contributed by atoms with Crippen molar-refractivity contribution in [1.82, 2.24) is 4.90 Å². The highest BCUT2D eigenvalue weighted by Gasteiger charge is 2.31. The maximum absolute atomic E-state index is 12.7. The van der Waals surface area contributed by atoms with Crippen LogP contribution >= 0.6 is 22.6 Å². The van der Waals surface area contributed by atoms with Gasteiger partial charge in [-0.1, -0.05) is 17.3 Å². The number of hydrogen-bond donors (Lipinski definition) is 2. The Labute approximate surface area is 132 Å². The number of carbonyl (C=O) groups is 1. The fraction of sp³-hybridized carbons (Fsp3) is 0.429. The van der Waals surface area contributed by atoms with E-state index in [4.69, 9.17) is 10.9 Å². The summed E-state index contributed by atoms with van der Waals surface area (Å²) in [6, 6.07) is 5.38. The van der Waals surface area contributed by atoms with E-state index in [1.165, 1.54) is 0 Å². The number of amides is 1. The highest BCUT2D eigenvalue weighted by atomic mass is 127. The van der Waals surface area contributed by atoms with Crippen LogP contribution < -0.4 is 5.73 Å². The largest absolute Gasteiger partial charge is 0.409 e. The number of nitrogens with two attached hydrogens (primary N) is 1. The predicted molar refractivity (Wildman–Crippen MR) is 86.0 cm³/mol. The molecule has 0 radical (unpaired) electrons. The molecule has 20 heavy (non-hydrogen) atoms. The van der Waals surface area contributed by atoms with Crippen molar-refractivity contribution in [2.24, 2.45) is 10.9 Å². The maximum Gasteiger partial charge on any atom is 0.255 e. The first-order valence-corrected chi connectivity index (χ1v) is 7.67. The molecule has 0 aliphatic carbocycles. The molecule has 2 rings (SSSR count). The topological polar surface area (TPSA) is 78.9 Å². The lowest BCUT2D eigenvalue weighted by molar-refractivity contribution is 0.0675. The van der Waals surface area contributed by atoms with E-state index in [1.54, 1.807) is 4.90 Å². The first-order valence-electron chi connectivity index (χ1n) is 6.59. The van der Waals surface area contributed by atoms with Gasteiger partial charge < -0.3 is 15.8 Å². The second-order valence-electron chi connectivity index (χ2n) is 4.97. The van der Waals surface area contributed by atoms with Crippen molar-refractivity contribution in [2.45, 2.75) is 32.2 Å². The van der Waals surface area contributed by atoms with Crippen molar-refractivity contribution < 1.29 is 10.0 Å². The van der Waals surface area contributed by atoms with Gasteiger partial charge in [0.1, 0.15) is 0 Å². The Morgan fingerprint density at radius 2 is 2.25 bits per heavy atom. The van der Waals surface area contributed by atoms with Crippen LogP contribution in [-0.2, 0) is 0 Å². The number of oxime groups is 1. The minimum absolute atomic E-state index is 0.0469. The van der Waals surface area contributed by atoms with Gasteiger partial charge in [0.15, 0.2) is 5.84 Å². The number of likely N-dealkylation sites (tertiary alicyclic amines) is 1. The zero-order valence-electron chi connectivity index (χ0n) is 11.3. The van der Waals surface area contributed by atoms with Crippen LogP contribution in [0.15, 0.2) is 23.4 Å². The summed E-state index contributed by atoms with van der Waals surface area (Å²) in [6.07, 6.45) is 2.67. The van der Waals surface area contributed by atoms with Crippen LogP contribution in [0.25, 0.3) is 0 Å². The van der Waals surface area contributed by atoms with E-state index in [1.807, 2.05) is 25.1 Å². The molecule has 3 N–H and O–H groups in total. The molecule has 1 amide bonds. The van der Waals surface area contributed by atoms with E-state index in [9.17, 15) is 4.79 Å². The van der Waals surface area contributed by atoms with E-state index in [-0.39, 0.29) is 17.8 Å². The number of hydrogen-bond acceptors (Lipinski definition) is 3. The lowest BCUT2D eigenvalue weighted by Crippen LogP contribution is -2.50. The van der Waals surface area contributed by atoms with E-state index < -0.39 is 0 Å². The number of rotatable bonds is 2. The molecule has 1 aromatic rings. The third-order valence-electron chi connectivity index (χ3n) is 3.64. The Balaban J connectivity index is 2.32. The molecule has 0 spiro atoms. The first-order chi connectivity index (χ1) is 9.56. The minimum atomic E-state index is -0.308. The average Bonchev–Trinajstić information content (AvgIpc) is 2.48. The summed E-state index contributed by atoms with van der Waals surface area (Å²) < 4.78 is 0.957. The monoisotopic (exact) mass is 387 g/mol. The van der Waals surface area contributed by atoms with Gasteiger partial charge in [0.2, 0.25) is 0 Å². The van der Waals surface area contributed by atoms with Crippen LogP contribution in [0, 0.1) is 10.5 Å². The molecule has 1 aliphatic rings. The summed E-state index contributed by atoms with van der Waals surface area (Å²) in [5.41, 5.74) is 7.49. The normalized spacial score (nSPS) is 20.0. The quantitative estimate of drug-likeness (QED) is 0.269. The second-order valence-corrected chi connectivity index (χ2v) is 6.05. The number of benzene rings is 1. The number of aryl methyl sites for hydroxylation is 1. The Morgan fingerprint density at radius 1 is 1.50 bits per heavy atom. The number of halogens is 1. The van der Waals surface area contributed by atoms with E-state index in [2.05, 4.69) is 27.7 Å². The lowest BCUT2D eigenvalue weighted by Gasteiger charge is -2.35. The molecule has 1 aromatic carbocycles. The maximum atomic E-state index is 12.7. The average molecular weight is 387 g/mol. The Morgan fingerprint density at radius 3 is 2.95 bits per heavy atom. The fourth-order valence-corrected chi connectivity index (χ4v) is 3.11. The van der Waals surface area contributed by atoms with Crippen molar-refractivity contribution in [3.05, 3.63) is 32.9 Å². The zero-order valence-corrected chi connectivity index (χ0v) is 13.5. The van der Waals surface area contributed by atoms with Crippen molar-refractivity contribution in [3.8, 4) is 0 Å². The summed E-state index contributed by atoms with van der Waals surface area (Å²) in [7, 11) is 0. The SMILES string of the molecule is Cc1cccc(C(=O)N2CCCCC2/C(N)=N/O)c1I. The molecule has 108 valence electrons. The molecule has 1 unspecified atom stereocenters. The molecular formula is C14H18IN3O2. The van der Waals surface area contributed by atoms with Gasteiger partial charge >= 0.3 is 0 Å². The standard InChI is InChI=1S/C14H18IN3O2/c1-9-5-4-6-10(12(9)15)14(19)18-8-3-2-7-11(18)13(16)17-20/h4-6,11,20H,2-3,7-8H2,1H3,(H2,16,17). The fourth-order valence-electron chi connectivity index (χ4n) is 2.52. The number of nitrogens with zero attached hydrogens (tertiary/aromatic N) is 2. The van der Waals surface area contributed by atoms with Gasteiger partial charge in [-0.15, -0.1) is 0 Å². The highest BCUT2D eigenvalue weighted by Crippen LogP contribution is 2.23. The molecule has 0 saturated carbocycles. The smallest absolute Gasteiger partial charge is 0.255 e. The molecule has 1 aliphatic heterocycles. The molecule has 1 saturated heterocycles. The zero-order chi connectivity index (χ0) is 14.7. The summed E-state index contributed by atoms with van der Waals surface area (Å²) >= 11 is 2.19. The van der Waals surface area contributed by atoms with Gasteiger partial charge in [-0.2, -0.15) is 0 Å². The van der Waals surface area contributed by atoms with Crippen LogP contribution in [0.5, 0.6) is 0 Å². The first kappa shape index (κ1) is 15.1. The van der Waals surface area contributed by atoms with Gasteiger partial charge in [0.25, 0.3) is 5.91 Å². The third kappa shape index (κ3) is 2.89. The van der Waals surface area contributed by atoms with E-state index >= 15 is 0 Å². The summed E-state index contributed by atoms with van der Waals surface area (Å²) in [5, 5.41) is 12.0. The Bertz CT molecular complexity index is 545. The molecule has 5 nitrogen and oxygen atoms in total. The Hall–Kier alpha value is -1.31. The van der Waals surface area contributed by atoms with Gasteiger partial charge in [0, 0.05) is 10.1 Å². The molecule has 1 heterocycles. The summed E-state index contributed by atoms with van der Waals surface area (Å²) in [6.45, 7) is 2.62. The lowest BCUT2D eigenvalue weighted by atomic mass is 9.99. The Kier molecular flexibility index (Phi) is 4.85. The minimum Gasteiger partial charge on any atom is -0.409 e. The molecule has 1 atom stereocenters. The third-order valence-corrected chi connectivity index (χ3v) is 5.07. The molecule has 0 bridgehead atoms. The highest BCUT2D eigenvalue weighted by molar-refractivity contribution is 14.1. The van der Waals surface area contributed by atoms with Gasteiger partial charge in [0.05, 0.1) is 11.6 Å². The summed E-state index contributed by atoms with van der Waals surface area (Å²) in [4.78, 5) is 14.5. The molecule has 1 fully saturated rings. The molecule has 6 heteroatoms. The van der Waals surface area contributed by atoms with Crippen molar-refractivity contribution in [3.63, 3.8) is 0 Å². The summed E-state index contributed by atoms with van der Waals surface area (Å²) in [5.74, 6) is 0.0649. The van der Waals surface area contributed by atoms with Gasteiger partial charge in [-0.3, -0.25) is 4.79 Å². The predicted octanol–water partition coefficient (Wildman–Crippen LogP) is 2.34. The molecule has 0 aromatic heterocycles. The van der Waals surface area contributed by atoms with Crippen LogP contribution in [-0.4, -0.2) is 34.4 Å². The van der Waals surface area contributed by atoms with Gasteiger partial charge in [-0.25, -0.2) is 0 Å². The van der Waals surface area contributed by atoms with Gasteiger partial charge in [-0.05, 0) is 60.4 Å². The van der Waals surface area contributed by atoms with Crippen LogP contribution in [0.2, 0.25) is 0 Å². The van der Waals surface area contributed by atoms with Crippen molar-refractivity contribution >= 4 is 34.3 Å².